The molecule has 3 nitrogen and oxygen atoms in total. The van der Waals surface area contributed by atoms with Gasteiger partial charge in [0.15, 0.2) is 6.29 Å². The molecule has 9 heavy (non-hydrogen) atoms. The van der Waals surface area contributed by atoms with E-state index in [0.717, 1.165) is 6.42 Å². The molecule has 3 atom stereocenters. The van der Waals surface area contributed by atoms with E-state index >= 15 is 0 Å². The van der Waals surface area contributed by atoms with Gasteiger partial charge in [-0.1, -0.05) is 0 Å². The van der Waals surface area contributed by atoms with Gasteiger partial charge in [0.2, 0.25) is 1.43 Å². The maximum atomic E-state index is 6.60. The number of aliphatic hydroxyl groups excluding tert-OH is 1. The van der Waals surface area contributed by atoms with Crippen LogP contribution in [0, 0.1) is 0 Å². The lowest BCUT2D eigenvalue weighted by atomic mass is 10.0. The lowest BCUT2D eigenvalue weighted by Crippen LogP contribution is -2.38. The van der Waals surface area contributed by atoms with E-state index in [-0.39, 0.29) is 12.1 Å². The van der Waals surface area contributed by atoms with Gasteiger partial charge >= 0.3 is 0 Å². The van der Waals surface area contributed by atoms with Crippen LogP contribution in [0.5, 0.6) is 0 Å². The molecule has 0 saturated carbocycles. The molecule has 1 saturated heterocycles. The molecule has 1 aliphatic rings. The van der Waals surface area contributed by atoms with Crippen molar-refractivity contribution >= 4 is 0 Å². The molecule has 0 bridgehead atoms. The van der Waals surface area contributed by atoms with Crippen LogP contribution >= 0.6 is 0 Å². The molecule has 1 rings (SSSR count). The number of ether oxygens (including phenoxy) is 1. The largest absolute Gasteiger partial charge is 0.368 e. The fourth-order valence-corrected chi connectivity index (χ4v) is 1.14. The van der Waals surface area contributed by atoms with Gasteiger partial charge in [0.25, 0.3) is 0 Å². The minimum atomic E-state index is -0.418. The summed E-state index contributed by atoms with van der Waals surface area (Å²) in [6.07, 6.45) is 1.20. The average molecular weight is 133 g/mol. The topological polar surface area (TPSA) is 55.5 Å². The number of rotatable bonds is 1. The highest BCUT2D eigenvalue weighted by Crippen LogP contribution is 2.15. The molecule has 1 heterocycles. The molecule has 54 valence electrons. The summed E-state index contributed by atoms with van der Waals surface area (Å²) in [4.78, 5) is 0. The van der Waals surface area contributed by atoms with Crippen molar-refractivity contribution in [1.82, 2.24) is 0 Å². The van der Waals surface area contributed by atoms with Crippen molar-refractivity contribution in [2.75, 3.05) is 0 Å². The maximum absolute atomic E-state index is 6.60. The molecule has 3 N–H and O–H groups in total. The smallest absolute Gasteiger partial charge is 0.213 e. The van der Waals surface area contributed by atoms with E-state index in [1.54, 1.807) is 0 Å². The van der Waals surface area contributed by atoms with Crippen LogP contribution in [-0.2, 0) is 4.74 Å². The zero-order valence-corrected chi connectivity index (χ0v) is 5.54. The molecule has 3 heteroatoms. The first-order valence-electron chi connectivity index (χ1n) is 3.66. The Bertz CT molecular complexity index is 102. The van der Waals surface area contributed by atoms with Crippen LogP contribution < -0.4 is 5.73 Å². The molecule has 0 radical (unpaired) electrons. The van der Waals surface area contributed by atoms with Gasteiger partial charge in [0.05, 0.1) is 6.10 Å². The summed E-state index contributed by atoms with van der Waals surface area (Å²) >= 11 is 0. The Morgan fingerprint density at radius 3 is 3.11 bits per heavy atom. The molecule has 0 amide bonds. The molecule has 0 aliphatic carbocycles. The summed E-state index contributed by atoms with van der Waals surface area (Å²) in [5, 5.41) is 4.28. The molecule has 1 aliphatic heterocycles. The Labute approximate surface area is 56.3 Å². The predicted molar refractivity (Wildman–Crippen MR) is 33.8 cm³/mol. The number of hydrogen-bond acceptors (Lipinski definition) is 3. The molecule has 0 aromatic carbocycles. The number of aliphatic hydroxyl groups is 1. The Morgan fingerprint density at radius 2 is 2.56 bits per heavy atom. The Hall–Kier alpha value is -0.120. The van der Waals surface area contributed by atoms with Crippen molar-refractivity contribution in [3.63, 3.8) is 0 Å². The molecule has 3 unspecified atom stereocenters. The number of nitrogens with two attached hydrogens (primary N) is 1. The summed E-state index contributed by atoms with van der Waals surface area (Å²) in [7, 11) is 0. The summed E-state index contributed by atoms with van der Waals surface area (Å²) in [5.41, 5.74) is 5.65. The third-order valence-corrected chi connectivity index (χ3v) is 1.51. The normalized spacial score (nSPS) is 46.4. The second-order valence-corrected chi connectivity index (χ2v) is 2.61. The van der Waals surface area contributed by atoms with Crippen molar-refractivity contribution in [3.05, 3.63) is 0 Å². The zero-order chi connectivity index (χ0) is 7.56. The highest BCUT2D eigenvalue weighted by Gasteiger charge is 2.22. The lowest BCUT2D eigenvalue weighted by Gasteiger charge is -2.28. The van der Waals surface area contributed by atoms with Crippen LogP contribution in [0.4, 0.5) is 0 Å². The van der Waals surface area contributed by atoms with Gasteiger partial charge in [0, 0.05) is 12.5 Å². The SMILES string of the molecule is [3H]OC1CC(N)CC(C)O1. The first kappa shape index (κ1) is 5.65. The highest BCUT2D eigenvalue weighted by molar-refractivity contribution is 4.72. The van der Waals surface area contributed by atoms with Gasteiger partial charge in [-0.2, -0.15) is 0 Å². The summed E-state index contributed by atoms with van der Waals surface area (Å²) in [5.74, 6) is 0. The third-order valence-electron chi connectivity index (χ3n) is 1.51. The zero-order valence-electron chi connectivity index (χ0n) is 6.54. The predicted octanol–water partition coefficient (Wildman–Crippen LogP) is -0.169. The summed E-state index contributed by atoms with van der Waals surface area (Å²) in [6, 6.07) is 0.124. The van der Waals surface area contributed by atoms with Crippen molar-refractivity contribution in [2.45, 2.75) is 38.2 Å². The van der Waals surface area contributed by atoms with Gasteiger partial charge < -0.3 is 15.6 Å². The van der Waals surface area contributed by atoms with E-state index in [1.165, 1.54) is 0 Å². The van der Waals surface area contributed by atoms with E-state index in [2.05, 4.69) is 5.11 Å². The minimum absolute atomic E-state index is 0.124. The van der Waals surface area contributed by atoms with Crippen LogP contribution in [-0.4, -0.2) is 25.0 Å². The van der Waals surface area contributed by atoms with E-state index in [4.69, 9.17) is 11.9 Å². The van der Waals surface area contributed by atoms with Crippen molar-refractivity contribution < 1.29 is 9.85 Å². The van der Waals surface area contributed by atoms with Crippen LogP contribution in [0.1, 0.15) is 19.8 Å². The van der Waals surface area contributed by atoms with Gasteiger partial charge in [-0.05, 0) is 13.3 Å². The molecule has 0 aromatic heterocycles. The monoisotopic (exact) mass is 133 g/mol. The first-order chi connectivity index (χ1) is 4.72. The van der Waals surface area contributed by atoms with Crippen LogP contribution in [0.25, 0.3) is 0 Å². The maximum Gasteiger partial charge on any atom is 0.213 e. The van der Waals surface area contributed by atoms with Crippen LogP contribution in [0.15, 0.2) is 0 Å². The van der Waals surface area contributed by atoms with E-state index in [9.17, 15) is 0 Å². The molecular formula is C6H13NO2. The van der Waals surface area contributed by atoms with Gasteiger partial charge in [-0.3, -0.25) is 0 Å². The third kappa shape index (κ3) is 1.93. The highest BCUT2D eigenvalue weighted by atomic mass is 16.6. The van der Waals surface area contributed by atoms with Crippen LogP contribution in [0.2, 0.25) is 0 Å². The Kier molecular flexibility index (Phi) is 1.66. The van der Waals surface area contributed by atoms with Crippen molar-refractivity contribution in [3.8, 4) is 0 Å². The van der Waals surface area contributed by atoms with Crippen LogP contribution in [0.3, 0.4) is 0 Å². The number of hydrogen-bond donors (Lipinski definition) is 2. The van der Waals surface area contributed by atoms with Gasteiger partial charge in [0.1, 0.15) is 0 Å². The average Bonchev–Trinajstić information content (AvgIpc) is 1.85. The van der Waals surface area contributed by atoms with E-state index < -0.39 is 6.29 Å². The molecule has 1 fully saturated rings. The van der Waals surface area contributed by atoms with E-state index in [1.807, 2.05) is 6.92 Å². The van der Waals surface area contributed by atoms with Gasteiger partial charge in [-0.25, -0.2) is 0 Å². The minimum Gasteiger partial charge on any atom is -0.368 e. The summed E-state index contributed by atoms with van der Waals surface area (Å²) < 4.78 is 11.8. The second-order valence-electron chi connectivity index (χ2n) is 2.61. The Morgan fingerprint density at radius 1 is 1.78 bits per heavy atom. The summed E-state index contributed by atoms with van der Waals surface area (Å²) in [6.45, 7) is 1.94. The molecule has 0 spiro atoms. The lowest BCUT2D eigenvalue weighted by molar-refractivity contribution is -0.161. The van der Waals surface area contributed by atoms with Gasteiger partial charge in [-0.15, -0.1) is 0 Å². The standard InChI is InChI=1S/C6H13NO2/c1-4-2-5(7)3-6(8)9-4/h4-6,8H,2-3,7H2,1H3/i8T. The Balaban J connectivity index is 2.35. The van der Waals surface area contributed by atoms with Crippen molar-refractivity contribution in [1.29, 1.82) is 1.43 Å². The molecule has 0 aromatic rings. The second kappa shape index (κ2) is 2.64. The first-order valence-corrected chi connectivity index (χ1v) is 3.25. The fraction of sp³-hybridized carbons (Fsp3) is 1.00. The fourth-order valence-electron chi connectivity index (χ4n) is 1.14. The van der Waals surface area contributed by atoms with E-state index in [0.29, 0.717) is 6.42 Å². The van der Waals surface area contributed by atoms with Crippen molar-refractivity contribution in [2.24, 2.45) is 5.73 Å². The molecular weight excluding hydrogens is 118 g/mol. The quantitative estimate of drug-likeness (QED) is 0.522.